The molecule has 4 aromatic rings. The van der Waals surface area contributed by atoms with Crippen LogP contribution in [0.2, 0.25) is 10.0 Å². The van der Waals surface area contributed by atoms with E-state index in [0.29, 0.717) is 34.6 Å². The van der Waals surface area contributed by atoms with Crippen molar-refractivity contribution in [2.24, 2.45) is 0 Å². The van der Waals surface area contributed by atoms with Gasteiger partial charge in [0.15, 0.2) is 0 Å². The molecule has 12 heteroatoms. The first-order valence-corrected chi connectivity index (χ1v) is 17.5. The van der Waals surface area contributed by atoms with Crippen molar-refractivity contribution in [3.8, 4) is 11.5 Å². The second-order valence-electron chi connectivity index (χ2n) is 11.5. The largest absolute Gasteiger partial charge is 0.704 e. The summed E-state index contributed by atoms with van der Waals surface area (Å²) in [4.78, 5) is 0. The molecule has 0 saturated heterocycles. The van der Waals surface area contributed by atoms with Crippen molar-refractivity contribution < 1.29 is 33.3 Å². The number of hydrogen-bond donors (Lipinski definition) is 4. The SMILES string of the molecule is CC(Cc1ccc(OCO[P+](=O)OCOc2ccc(CC(C)NCC(O)c3cccc(Cl)c3)cc2)cc1)NCC(O)c1cccc(Cl)c1. The van der Waals surface area contributed by atoms with Crippen molar-refractivity contribution in [2.75, 3.05) is 26.7 Å². The van der Waals surface area contributed by atoms with Crippen LogP contribution in [0, 0.1) is 0 Å². The van der Waals surface area contributed by atoms with Gasteiger partial charge in [0, 0.05) is 39.8 Å². The topological polar surface area (TPSA) is 119 Å². The van der Waals surface area contributed by atoms with Gasteiger partial charge >= 0.3 is 8.25 Å². The third-order valence-electron chi connectivity index (χ3n) is 7.48. The highest BCUT2D eigenvalue weighted by Crippen LogP contribution is 2.25. The van der Waals surface area contributed by atoms with Crippen LogP contribution in [-0.2, 0) is 26.5 Å². The molecule has 0 aliphatic rings. The van der Waals surface area contributed by atoms with Gasteiger partial charge in [-0.15, -0.1) is 0 Å². The van der Waals surface area contributed by atoms with E-state index < -0.39 is 20.5 Å². The summed E-state index contributed by atoms with van der Waals surface area (Å²) >= 11 is 12.0. The third-order valence-corrected chi connectivity index (χ3v) is 8.59. The Bertz CT molecular complexity index is 1450. The van der Waals surface area contributed by atoms with Crippen molar-refractivity contribution >= 4 is 31.5 Å². The van der Waals surface area contributed by atoms with Crippen molar-refractivity contribution in [1.82, 2.24) is 10.6 Å². The van der Waals surface area contributed by atoms with Gasteiger partial charge in [0.05, 0.1) is 12.2 Å². The standard InChI is InChI=1S/C36H42Cl2N2O7P/c1-25(39-21-35(41)29-5-3-7-31(37)19-29)17-27-9-13-33(14-10-27)44-23-46-48(43)47-24-45-34-15-11-28(12-16-34)18-26(2)40-22-36(42)30-6-4-8-32(38)20-30/h3-16,19-20,25-26,35-36,39-42H,17-18,21-24H2,1-2H3/q+1. The van der Waals surface area contributed by atoms with Crippen LogP contribution >= 0.6 is 31.5 Å². The zero-order valence-electron chi connectivity index (χ0n) is 26.9. The fraction of sp³-hybridized carbons (Fsp3) is 0.333. The number of halogens is 2. The van der Waals surface area contributed by atoms with Gasteiger partial charge < -0.3 is 30.3 Å². The number of ether oxygens (including phenoxy) is 2. The fourth-order valence-electron chi connectivity index (χ4n) is 4.90. The van der Waals surface area contributed by atoms with Gasteiger partial charge in [-0.05, 0) is 97.5 Å². The molecule has 256 valence electrons. The summed E-state index contributed by atoms with van der Waals surface area (Å²) in [6.45, 7) is 4.44. The minimum absolute atomic E-state index is 0.133. The lowest BCUT2D eigenvalue weighted by Gasteiger charge is -2.18. The summed E-state index contributed by atoms with van der Waals surface area (Å²) in [6.07, 6.45) is 0.226. The van der Waals surface area contributed by atoms with E-state index >= 15 is 0 Å². The highest BCUT2D eigenvalue weighted by Gasteiger charge is 2.21. The molecule has 4 N–H and O–H groups in total. The lowest BCUT2D eigenvalue weighted by atomic mass is 10.1. The summed E-state index contributed by atoms with van der Waals surface area (Å²) in [7, 11) is -2.44. The molecule has 0 aliphatic heterocycles. The van der Waals surface area contributed by atoms with Gasteiger partial charge in [0.1, 0.15) is 11.5 Å². The van der Waals surface area contributed by atoms with Crippen molar-refractivity contribution in [2.45, 2.75) is 51.0 Å². The molecule has 0 spiro atoms. The predicted octanol–water partition coefficient (Wildman–Crippen LogP) is 7.57. The van der Waals surface area contributed by atoms with Crippen LogP contribution < -0.4 is 20.1 Å². The fourth-order valence-corrected chi connectivity index (χ4v) is 5.65. The van der Waals surface area contributed by atoms with Crippen molar-refractivity contribution in [3.05, 3.63) is 129 Å². The Kier molecular flexibility index (Phi) is 15.6. The minimum atomic E-state index is -2.44. The van der Waals surface area contributed by atoms with E-state index in [9.17, 15) is 14.8 Å². The molecule has 0 aliphatic carbocycles. The second-order valence-corrected chi connectivity index (χ2v) is 13.3. The highest BCUT2D eigenvalue weighted by atomic mass is 35.5. The smallest absolute Gasteiger partial charge is 0.463 e. The molecular formula is C36H42Cl2N2O7P+. The Labute approximate surface area is 293 Å². The third kappa shape index (κ3) is 13.4. The summed E-state index contributed by atoms with van der Waals surface area (Å²) < 4.78 is 33.4. The number of nitrogens with one attached hydrogen (secondary N) is 2. The molecule has 0 heterocycles. The average molecular weight is 717 g/mol. The number of rotatable bonds is 20. The summed E-state index contributed by atoms with van der Waals surface area (Å²) in [5.74, 6) is 1.13. The molecule has 4 unspecified atom stereocenters. The van der Waals surface area contributed by atoms with Crippen LogP contribution in [0.1, 0.15) is 48.3 Å². The van der Waals surface area contributed by atoms with E-state index in [-0.39, 0.29) is 25.7 Å². The van der Waals surface area contributed by atoms with E-state index in [1.807, 2.05) is 72.8 Å². The molecule has 4 aromatic carbocycles. The van der Waals surface area contributed by atoms with Crippen LogP contribution in [-0.4, -0.2) is 49.0 Å². The molecule has 9 nitrogen and oxygen atoms in total. The lowest BCUT2D eigenvalue weighted by Crippen LogP contribution is -2.32. The highest BCUT2D eigenvalue weighted by molar-refractivity contribution is 7.33. The normalized spacial score (nSPS) is 14.2. The molecule has 0 fully saturated rings. The number of aliphatic hydroxyl groups is 2. The maximum Gasteiger partial charge on any atom is 0.704 e. The van der Waals surface area contributed by atoms with Gasteiger partial charge in [-0.3, -0.25) is 0 Å². The average Bonchev–Trinajstić information content (AvgIpc) is 3.07. The van der Waals surface area contributed by atoms with Gasteiger partial charge in [0.25, 0.3) is 0 Å². The Hall–Kier alpha value is -3.08. The van der Waals surface area contributed by atoms with Crippen LogP contribution in [0.4, 0.5) is 0 Å². The summed E-state index contributed by atoms with van der Waals surface area (Å²) in [6, 6.07) is 29.7. The first kappa shape index (κ1) is 37.7. The maximum absolute atomic E-state index is 12.1. The quantitative estimate of drug-likeness (QED) is 0.0543. The Morgan fingerprint density at radius 2 is 1.04 bits per heavy atom. The molecule has 0 bridgehead atoms. The first-order chi connectivity index (χ1) is 23.1. The molecule has 4 atom stereocenters. The number of benzene rings is 4. The zero-order chi connectivity index (χ0) is 34.3. The van der Waals surface area contributed by atoms with E-state index in [2.05, 4.69) is 24.5 Å². The van der Waals surface area contributed by atoms with Gasteiger partial charge in [-0.2, -0.15) is 0 Å². The van der Waals surface area contributed by atoms with Gasteiger partial charge in [-0.25, -0.2) is 0 Å². The molecule has 0 aromatic heterocycles. The van der Waals surface area contributed by atoms with Gasteiger partial charge in [-0.1, -0.05) is 80.8 Å². The predicted molar refractivity (Wildman–Crippen MR) is 189 cm³/mol. The molecule has 0 saturated carbocycles. The minimum Gasteiger partial charge on any atom is -0.463 e. The Balaban J connectivity index is 1.06. The lowest BCUT2D eigenvalue weighted by molar-refractivity contribution is 0.0696. The molecule has 4 rings (SSSR count). The first-order valence-electron chi connectivity index (χ1n) is 15.6. The van der Waals surface area contributed by atoms with E-state index in [1.54, 1.807) is 24.3 Å². The maximum atomic E-state index is 12.1. The monoisotopic (exact) mass is 715 g/mol. The van der Waals surface area contributed by atoms with E-state index in [0.717, 1.165) is 35.1 Å². The van der Waals surface area contributed by atoms with E-state index in [1.165, 1.54) is 0 Å². The van der Waals surface area contributed by atoms with Crippen LogP contribution in [0.5, 0.6) is 11.5 Å². The van der Waals surface area contributed by atoms with Crippen molar-refractivity contribution in [1.29, 1.82) is 0 Å². The van der Waals surface area contributed by atoms with Crippen molar-refractivity contribution in [3.63, 3.8) is 0 Å². The molecule has 0 amide bonds. The molecule has 0 radical (unpaired) electrons. The van der Waals surface area contributed by atoms with Crippen LogP contribution in [0.3, 0.4) is 0 Å². The molecule has 48 heavy (non-hydrogen) atoms. The Morgan fingerprint density at radius 1 is 0.646 bits per heavy atom. The zero-order valence-corrected chi connectivity index (χ0v) is 29.3. The number of hydrogen-bond acceptors (Lipinski definition) is 9. The summed E-state index contributed by atoms with van der Waals surface area (Å²) in [5, 5.41) is 28.7. The summed E-state index contributed by atoms with van der Waals surface area (Å²) in [5.41, 5.74) is 3.74. The van der Waals surface area contributed by atoms with Crippen LogP contribution in [0.25, 0.3) is 0 Å². The second kappa shape index (κ2) is 19.8. The number of aliphatic hydroxyl groups excluding tert-OH is 2. The van der Waals surface area contributed by atoms with E-state index in [4.69, 9.17) is 41.7 Å². The molecular weight excluding hydrogens is 674 g/mol. The van der Waals surface area contributed by atoms with Gasteiger partial charge in [0.2, 0.25) is 13.6 Å². The Morgan fingerprint density at radius 3 is 1.42 bits per heavy atom. The van der Waals surface area contributed by atoms with Crippen LogP contribution in [0.15, 0.2) is 97.1 Å².